The number of ether oxygens (including phenoxy) is 1. The lowest BCUT2D eigenvalue weighted by Crippen LogP contribution is -2.35. The fourth-order valence-electron chi connectivity index (χ4n) is 4.13. The Hall–Kier alpha value is -2.78. The number of aryl methyl sites for hydroxylation is 1. The van der Waals surface area contributed by atoms with Crippen LogP contribution in [0.15, 0.2) is 48.0 Å². The van der Waals surface area contributed by atoms with Crippen molar-refractivity contribution in [1.29, 1.82) is 0 Å². The Labute approximate surface area is 193 Å². The number of thiazole rings is 1. The van der Waals surface area contributed by atoms with E-state index in [0.717, 1.165) is 75.5 Å². The van der Waals surface area contributed by atoms with Crippen LogP contribution in [0.4, 0.5) is 11.4 Å². The van der Waals surface area contributed by atoms with Crippen molar-refractivity contribution in [3.8, 4) is 9.88 Å². The first-order valence-corrected chi connectivity index (χ1v) is 12.4. The van der Waals surface area contributed by atoms with E-state index in [-0.39, 0.29) is 0 Å². The van der Waals surface area contributed by atoms with Gasteiger partial charge in [0.15, 0.2) is 0 Å². The van der Waals surface area contributed by atoms with Gasteiger partial charge in [0, 0.05) is 53.5 Å². The zero-order valence-corrected chi connectivity index (χ0v) is 19.4. The Morgan fingerprint density at radius 1 is 1.16 bits per heavy atom. The van der Waals surface area contributed by atoms with Crippen molar-refractivity contribution in [2.75, 3.05) is 31.6 Å². The average molecular weight is 462 g/mol. The van der Waals surface area contributed by atoms with E-state index in [0.29, 0.717) is 0 Å². The number of anilines is 2. The van der Waals surface area contributed by atoms with Gasteiger partial charge in [0.2, 0.25) is 0 Å². The summed E-state index contributed by atoms with van der Waals surface area (Å²) in [4.78, 5) is 16.5. The highest BCUT2D eigenvalue weighted by molar-refractivity contribution is 7.25. The van der Waals surface area contributed by atoms with Gasteiger partial charge in [-0.05, 0) is 43.3 Å². The minimum atomic E-state index is 0.811. The van der Waals surface area contributed by atoms with E-state index < -0.39 is 0 Å². The molecule has 0 aliphatic carbocycles. The number of aromatic nitrogens is 3. The van der Waals surface area contributed by atoms with Gasteiger partial charge < -0.3 is 15.0 Å². The SMILES string of the molecule is Cc1cc2cc(Nc3ccnc4cc(-c5nc(CN6CCOCC6)cs5)sc34)ccc2[nH]1. The first-order valence-electron chi connectivity index (χ1n) is 10.7. The van der Waals surface area contributed by atoms with Crippen LogP contribution in [-0.2, 0) is 11.3 Å². The number of hydrogen-bond donors (Lipinski definition) is 2. The Balaban J connectivity index is 1.27. The molecule has 1 aromatic carbocycles. The van der Waals surface area contributed by atoms with Crippen molar-refractivity contribution in [3.05, 3.63) is 59.4 Å². The van der Waals surface area contributed by atoms with Gasteiger partial charge in [0.25, 0.3) is 0 Å². The van der Waals surface area contributed by atoms with Crippen LogP contribution in [0.1, 0.15) is 11.4 Å². The summed E-state index contributed by atoms with van der Waals surface area (Å²) in [6.07, 6.45) is 1.87. The van der Waals surface area contributed by atoms with Gasteiger partial charge >= 0.3 is 0 Å². The van der Waals surface area contributed by atoms with E-state index in [9.17, 15) is 0 Å². The third-order valence-corrected chi connectivity index (χ3v) is 7.92. The van der Waals surface area contributed by atoms with Gasteiger partial charge in [-0.15, -0.1) is 22.7 Å². The van der Waals surface area contributed by atoms with Crippen LogP contribution >= 0.6 is 22.7 Å². The monoisotopic (exact) mass is 461 g/mol. The lowest BCUT2D eigenvalue weighted by molar-refractivity contribution is 0.0337. The summed E-state index contributed by atoms with van der Waals surface area (Å²) >= 11 is 3.46. The predicted molar refractivity (Wildman–Crippen MR) is 133 cm³/mol. The van der Waals surface area contributed by atoms with Crippen molar-refractivity contribution in [2.24, 2.45) is 0 Å². The number of H-pyrrole nitrogens is 1. The molecule has 0 amide bonds. The van der Waals surface area contributed by atoms with Crippen LogP contribution in [0.5, 0.6) is 0 Å². The highest BCUT2D eigenvalue weighted by Gasteiger charge is 2.15. The third kappa shape index (κ3) is 3.91. The van der Waals surface area contributed by atoms with Crippen molar-refractivity contribution in [3.63, 3.8) is 0 Å². The van der Waals surface area contributed by atoms with Gasteiger partial charge in [-0.2, -0.15) is 0 Å². The molecule has 0 bridgehead atoms. The number of benzene rings is 1. The summed E-state index contributed by atoms with van der Waals surface area (Å²) in [6, 6.07) is 12.8. The highest BCUT2D eigenvalue weighted by atomic mass is 32.1. The standard InChI is InChI=1S/C24H23N5OS2/c1-15-10-16-11-17(2-3-19(16)26-15)27-20-4-5-25-21-12-22(32-23(20)21)24-28-18(14-31-24)13-29-6-8-30-9-7-29/h2-5,10-12,14,26H,6-9,13H2,1H3,(H,25,27). The number of nitrogens with one attached hydrogen (secondary N) is 2. The van der Waals surface area contributed by atoms with Crippen molar-refractivity contribution in [1.82, 2.24) is 19.9 Å². The first-order chi connectivity index (χ1) is 15.7. The molecule has 0 saturated carbocycles. The highest BCUT2D eigenvalue weighted by Crippen LogP contribution is 2.39. The number of rotatable bonds is 5. The van der Waals surface area contributed by atoms with Gasteiger partial charge in [0.05, 0.1) is 39.7 Å². The maximum atomic E-state index is 5.45. The van der Waals surface area contributed by atoms with Crippen LogP contribution < -0.4 is 5.32 Å². The van der Waals surface area contributed by atoms with E-state index in [1.807, 2.05) is 12.3 Å². The Kier molecular flexibility index (Phi) is 5.15. The number of thiophene rings is 1. The smallest absolute Gasteiger partial charge is 0.133 e. The number of morpholine rings is 1. The van der Waals surface area contributed by atoms with E-state index in [1.165, 1.54) is 11.1 Å². The minimum absolute atomic E-state index is 0.811. The van der Waals surface area contributed by atoms with Gasteiger partial charge in [0.1, 0.15) is 5.01 Å². The molecule has 4 aromatic heterocycles. The van der Waals surface area contributed by atoms with E-state index in [1.54, 1.807) is 22.7 Å². The molecule has 5 heterocycles. The quantitative estimate of drug-likeness (QED) is 0.347. The molecule has 32 heavy (non-hydrogen) atoms. The summed E-state index contributed by atoms with van der Waals surface area (Å²) in [6.45, 7) is 6.54. The fraction of sp³-hybridized carbons (Fsp3) is 0.250. The largest absolute Gasteiger partial charge is 0.379 e. The Bertz CT molecular complexity index is 1400. The summed E-state index contributed by atoms with van der Waals surface area (Å²) in [5, 5.41) is 8.04. The maximum Gasteiger partial charge on any atom is 0.133 e. The Morgan fingerprint density at radius 3 is 2.97 bits per heavy atom. The molecule has 1 aliphatic heterocycles. The molecule has 6 rings (SSSR count). The summed E-state index contributed by atoms with van der Waals surface area (Å²) in [5.74, 6) is 0. The molecule has 0 radical (unpaired) electrons. The van der Waals surface area contributed by atoms with Crippen LogP contribution in [0.2, 0.25) is 0 Å². The number of aromatic amines is 1. The maximum absolute atomic E-state index is 5.45. The van der Waals surface area contributed by atoms with Gasteiger partial charge in [-0.1, -0.05) is 0 Å². The Morgan fingerprint density at radius 2 is 2.06 bits per heavy atom. The topological polar surface area (TPSA) is 66.1 Å². The second-order valence-corrected chi connectivity index (χ2v) is 10.0. The number of nitrogens with zero attached hydrogens (tertiary/aromatic N) is 3. The van der Waals surface area contributed by atoms with Crippen LogP contribution in [0.3, 0.4) is 0 Å². The van der Waals surface area contributed by atoms with Gasteiger partial charge in [-0.3, -0.25) is 9.88 Å². The molecule has 0 atom stereocenters. The second-order valence-electron chi connectivity index (χ2n) is 8.10. The van der Waals surface area contributed by atoms with Crippen molar-refractivity contribution < 1.29 is 4.74 Å². The van der Waals surface area contributed by atoms with Crippen LogP contribution in [-0.4, -0.2) is 46.2 Å². The number of fused-ring (bicyclic) bond motifs is 2. The summed E-state index contributed by atoms with van der Waals surface area (Å²) < 4.78 is 6.60. The molecule has 8 heteroatoms. The van der Waals surface area contributed by atoms with E-state index >= 15 is 0 Å². The number of pyridine rings is 1. The van der Waals surface area contributed by atoms with Crippen LogP contribution in [0, 0.1) is 6.92 Å². The van der Waals surface area contributed by atoms with E-state index in [4.69, 9.17) is 9.72 Å². The zero-order valence-electron chi connectivity index (χ0n) is 17.7. The zero-order chi connectivity index (χ0) is 21.5. The van der Waals surface area contributed by atoms with Crippen molar-refractivity contribution in [2.45, 2.75) is 13.5 Å². The molecule has 5 aromatic rings. The molecule has 1 saturated heterocycles. The summed E-state index contributed by atoms with van der Waals surface area (Å²) in [7, 11) is 0. The lowest BCUT2D eigenvalue weighted by Gasteiger charge is -2.25. The number of hydrogen-bond acceptors (Lipinski definition) is 7. The molecule has 162 valence electrons. The lowest BCUT2D eigenvalue weighted by atomic mass is 10.2. The fourth-order valence-corrected chi connectivity index (χ4v) is 6.09. The van der Waals surface area contributed by atoms with Crippen molar-refractivity contribution >= 4 is 55.2 Å². The molecule has 1 aliphatic rings. The molecule has 0 spiro atoms. The molecule has 1 fully saturated rings. The molecule has 0 unspecified atom stereocenters. The molecular weight excluding hydrogens is 438 g/mol. The van der Waals surface area contributed by atoms with Crippen LogP contribution in [0.25, 0.3) is 31.0 Å². The second kappa shape index (κ2) is 8.29. The predicted octanol–water partition coefficient (Wildman–Crippen LogP) is 5.79. The van der Waals surface area contributed by atoms with E-state index in [2.05, 4.69) is 62.8 Å². The third-order valence-electron chi connectivity index (χ3n) is 5.70. The molecule has 6 nitrogen and oxygen atoms in total. The first kappa shape index (κ1) is 19.9. The van der Waals surface area contributed by atoms with Gasteiger partial charge in [-0.25, -0.2) is 4.98 Å². The molecule has 2 N–H and O–H groups in total. The average Bonchev–Trinajstić information content (AvgIpc) is 3.52. The molecular formula is C24H23N5OS2. The normalized spacial score (nSPS) is 15.0. The summed E-state index contributed by atoms with van der Waals surface area (Å²) in [5.41, 5.74) is 6.60. The minimum Gasteiger partial charge on any atom is -0.379 e.